The number of hydrogen-bond acceptors (Lipinski definition) is 3. The topological polar surface area (TPSA) is 57.7 Å². The Morgan fingerprint density at radius 2 is 1.52 bits per heavy atom. The van der Waals surface area contributed by atoms with Crippen molar-refractivity contribution >= 4 is 23.4 Å². The van der Waals surface area contributed by atoms with E-state index in [1.165, 1.54) is 11.3 Å². The predicted molar refractivity (Wildman–Crippen MR) is 94.1 cm³/mol. The number of benzene rings is 1. The van der Waals surface area contributed by atoms with E-state index in [4.69, 9.17) is 0 Å². The Balaban J connectivity index is 1.60. The highest BCUT2D eigenvalue weighted by atomic mass is 16.2. The van der Waals surface area contributed by atoms with Crippen LogP contribution in [-0.2, 0) is 9.59 Å². The standard InChI is InChI=1S/C20H24N2O3/c23-18(21-11-4-1-5-12-21)14-7-6-8-15(13-14)22-19(24)16-9-2-3-10-17(16)20(22)25/h6-8,13,16-17H,1-5,9-12H2/t16-,17-/m1/s1. The van der Waals surface area contributed by atoms with Crippen LogP contribution in [0, 0.1) is 11.8 Å². The van der Waals surface area contributed by atoms with Crippen LogP contribution in [0.3, 0.4) is 0 Å². The molecule has 0 unspecified atom stereocenters. The summed E-state index contributed by atoms with van der Waals surface area (Å²) in [5.74, 6) is -0.502. The first-order valence-corrected chi connectivity index (χ1v) is 9.44. The van der Waals surface area contributed by atoms with Gasteiger partial charge in [0.05, 0.1) is 17.5 Å². The number of rotatable bonds is 2. The first kappa shape index (κ1) is 16.3. The molecule has 3 aliphatic rings. The number of amides is 3. The number of likely N-dealkylation sites (tertiary alicyclic amines) is 1. The molecule has 3 fully saturated rings. The molecular weight excluding hydrogens is 316 g/mol. The van der Waals surface area contributed by atoms with E-state index in [0.29, 0.717) is 11.3 Å². The number of carbonyl (C=O) groups excluding carboxylic acids is 3. The molecule has 0 spiro atoms. The van der Waals surface area contributed by atoms with Crippen molar-refractivity contribution < 1.29 is 14.4 Å². The molecule has 2 saturated heterocycles. The molecule has 1 aromatic rings. The fourth-order valence-corrected chi connectivity index (χ4v) is 4.47. The van der Waals surface area contributed by atoms with E-state index in [2.05, 4.69) is 0 Å². The van der Waals surface area contributed by atoms with Crippen LogP contribution in [0.15, 0.2) is 24.3 Å². The molecule has 0 aromatic heterocycles. The van der Waals surface area contributed by atoms with Crippen molar-refractivity contribution in [2.75, 3.05) is 18.0 Å². The van der Waals surface area contributed by atoms with Gasteiger partial charge >= 0.3 is 0 Å². The summed E-state index contributed by atoms with van der Waals surface area (Å²) in [6.07, 6.45) is 6.89. The number of nitrogens with zero attached hydrogens (tertiary/aromatic N) is 2. The molecule has 5 heteroatoms. The first-order valence-electron chi connectivity index (χ1n) is 9.44. The second-order valence-electron chi connectivity index (χ2n) is 7.41. The molecule has 3 amide bonds. The van der Waals surface area contributed by atoms with Gasteiger partial charge in [-0.1, -0.05) is 18.9 Å². The quantitative estimate of drug-likeness (QED) is 0.778. The fraction of sp³-hybridized carbons (Fsp3) is 0.550. The second kappa shape index (κ2) is 6.62. The third-order valence-electron chi connectivity index (χ3n) is 5.84. The van der Waals surface area contributed by atoms with E-state index < -0.39 is 0 Å². The summed E-state index contributed by atoms with van der Waals surface area (Å²) < 4.78 is 0. The Kier molecular flexibility index (Phi) is 4.32. The number of imide groups is 1. The zero-order chi connectivity index (χ0) is 17.4. The summed E-state index contributed by atoms with van der Waals surface area (Å²) >= 11 is 0. The van der Waals surface area contributed by atoms with Gasteiger partial charge in [-0.2, -0.15) is 0 Å². The van der Waals surface area contributed by atoms with E-state index in [9.17, 15) is 14.4 Å². The van der Waals surface area contributed by atoms with Crippen molar-refractivity contribution in [3.05, 3.63) is 29.8 Å². The van der Waals surface area contributed by atoms with Gasteiger partial charge in [0.1, 0.15) is 0 Å². The number of anilines is 1. The van der Waals surface area contributed by atoms with Gasteiger partial charge in [0.25, 0.3) is 5.91 Å². The fourth-order valence-electron chi connectivity index (χ4n) is 4.47. The van der Waals surface area contributed by atoms with E-state index in [1.807, 2.05) is 4.90 Å². The number of piperidine rings is 1. The lowest BCUT2D eigenvalue weighted by Crippen LogP contribution is -2.36. The van der Waals surface area contributed by atoms with Crippen molar-refractivity contribution in [1.82, 2.24) is 4.90 Å². The molecule has 4 rings (SSSR count). The van der Waals surface area contributed by atoms with Crippen LogP contribution in [-0.4, -0.2) is 35.7 Å². The van der Waals surface area contributed by atoms with Crippen molar-refractivity contribution in [1.29, 1.82) is 0 Å². The molecule has 132 valence electrons. The molecule has 25 heavy (non-hydrogen) atoms. The van der Waals surface area contributed by atoms with Crippen molar-refractivity contribution in [2.45, 2.75) is 44.9 Å². The SMILES string of the molecule is O=C(c1cccc(N2C(=O)[C@@H]3CCCC[C@H]3C2=O)c1)N1CCCCC1. The van der Waals surface area contributed by atoms with Gasteiger partial charge in [-0.05, 0) is 50.3 Å². The lowest BCUT2D eigenvalue weighted by molar-refractivity contribution is -0.122. The van der Waals surface area contributed by atoms with E-state index in [1.54, 1.807) is 24.3 Å². The van der Waals surface area contributed by atoms with Gasteiger partial charge < -0.3 is 4.90 Å². The third-order valence-corrected chi connectivity index (χ3v) is 5.84. The molecule has 0 bridgehead atoms. The van der Waals surface area contributed by atoms with E-state index in [-0.39, 0.29) is 29.6 Å². The van der Waals surface area contributed by atoms with Gasteiger partial charge in [-0.25, -0.2) is 0 Å². The number of fused-ring (bicyclic) bond motifs is 1. The summed E-state index contributed by atoms with van der Waals surface area (Å²) in [7, 11) is 0. The van der Waals surface area contributed by atoms with Crippen LogP contribution in [0.5, 0.6) is 0 Å². The molecule has 0 radical (unpaired) electrons. The van der Waals surface area contributed by atoms with Crippen molar-refractivity contribution in [3.8, 4) is 0 Å². The molecule has 0 N–H and O–H groups in total. The largest absolute Gasteiger partial charge is 0.339 e. The number of carbonyl (C=O) groups is 3. The molecule has 1 aromatic carbocycles. The Morgan fingerprint density at radius 1 is 0.880 bits per heavy atom. The van der Waals surface area contributed by atoms with Crippen LogP contribution in [0.4, 0.5) is 5.69 Å². The Morgan fingerprint density at radius 3 is 2.16 bits per heavy atom. The molecule has 2 aliphatic heterocycles. The van der Waals surface area contributed by atoms with Crippen LogP contribution in [0.2, 0.25) is 0 Å². The summed E-state index contributed by atoms with van der Waals surface area (Å²) in [5.41, 5.74) is 1.11. The predicted octanol–water partition coefficient (Wildman–Crippen LogP) is 2.99. The number of hydrogen-bond donors (Lipinski definition) is 0. The minimum absolute atomic E-state index is 0.00180. The lowest BCUT2D eigenvalue weighted by Gasteiger charge is -2.27. The van der Waals surface area contributed by atoms with Crippen LogP contribution in [0.25, 0.3) is 0 Å². The maximum absolute atomic E-state index is 12.7. The van der Waals surface area contributed by atoms with E-state index in [0.717, 1.165) is 51.6 Å². The maximum Gasteiger partial charge on any atom is 0.253 e. The first-order chi connectivity index (χ1) is 12.2. The molecule has 1 saturated carbocycles. The normalized spacial score (nSPS) is 26.7. The van der Waals surface area contributed by atoms with Gasteiger partial charge in [-0.3, -0.25) is 19.3 Å². The Labute approximate surface area is 148 Å². The highest BCUT2D eigenvalue weighted by molar-refractivity contribution is 6.22. The van der Waals surface area contributed by atoms with Gasteiger partial charge in [0, 0.05) is 18.7 Å². The summed E-state index contributed by atoms with van der Waals surface area (Å²) in [6.45, 7) is 1.57. The monoisotopic (exact) mass is 340 g/mol. The molecule has 2 atom stereocenters. The van der Waals surface area contributed by atoms with E-state index >= 15 is 0 Å². The summed E-state index contributed by atoms with van der Waals surface area (Å²) in [6, 6.07) is 7.03. The lowest BCUT2D eigenvalue weighted by atomic mass is 9.81. The molecular formula is C20H24N2O3. The summed E-state index contributed by atoms with van der Waals surface area (Å²) in [5, 5.41) is 0. The minimum atomic E-state index is -0.164. The van der Waals surface area contributed by atoms with Gasteiger partial charge in [0.2, 0.25) is 11.8 Å². The minimum Gasteiger partial charge on any atom is -0.339 e. The van der Waals surface area contributed by atoms with Gasteiger partial charge in [0.15, 0.2) is 0 Å². The van der Waals surface area contributed by atoms with Crippen LogP contribution in [0.1, 0.15) is 55.3 Å². The average Bonchev–Trinajstić information content (AvgIpc) is 2.93. The molecule has 1 aliphatic carbocycles. The average molecular weight is 340 g/mol. The van der Waals surface area contributed by atoms with Crippen LogP contribution >= 0.6 is 0 Å². The molecule has 2 heterocycles. The Hall–Kier alpha value is -2.17. The van der Waals surface area contributed by atoms with Crippen molar-refractivity contribution in [3.63, 3.8) is 0 Å². The third kappa shape index (κ3) is 2.86. The highest BCUT2D eigenvalue weighted by Gasteiger charge is 2.48. The molecule has 5 nitrogen and oxygen atoms in total. The zero-order valence-electron chi connectivity index (χ0n) is 14.4. The highest BCUT2D eigenvalue weighted by Crippen LogP contribution is 2.40. The second-order valence-corrected chi connectivity index (χ2v) is 7.41. The maximum atomic E-state index is 12.7. The zero-order valence-corrected chi connectivity index (χ0v) is 14.4. The van der Waals surface area contributed by atoms with Crippen molar-refractivity contribution in [2.24, 2.45) is 11.8 Å². The Bertz CT molecular complexity index is 685. The summed E-state index contributed by atoms with van der Waals surface area (Å²) in [4.78, 5) is 41.4. The smallest absolute Gasteiger partial charge is 0.253 e. The van der Waals surface area contributed by atoms with Gasteiger partial charge in [-0.15, -0.1) is 0 Å². The van der Waals surface area contributed by atoms with Crippen LogP contribution < -0.4 is 4.90 Å².